The molecule has 0 saturated heterocycles. The van der Waals surface area contributed by atoms with Crippen molar-refractivity contribution in [3.8, 4) is 17.1 Å². The molecule has 0 aliphatic rings. The quantitative estimate of drug-likeness (QED) is 0.302. The highest BCUT2D eigenvalue weighted by atomic mass is 35.5. The molecule has 1 aromatic heterocycles. The van der Waals surface area contributed by atoms with Gasteiger partial charge in [0.25, 0.3) is 0 Å². The number of nitrogens with one attached hydrogen (secondary N) is 1. The van der Waals surface area contributed by atoms with Crippen molar-refractivity contribution in [2.75, 3.05) is 0 Å². The lowest BCUT2D eigenvalue weighted by atomic mass is 10.1. The van der Waals surface area contributed by atoms with Gasteiger partial charge in [0.15, 0.2) is 5.82 Å². The van der Waals surface area contributed by atoms with E-state index in [9.17, 15) is 15.2 Å². The van der Waals surface area contributed by atoms with E-state index in [0.717, 1.165) is 17.2 Å². The molecule has 0 radical (unpaired) electrons. The Morgan fingerprint density at radius 2 is 2.15 bits per heavy atom. The second-order valence-electron chi connectivity index (χ2n) is 5.34. The van der Waals surface area contributed by atoms with Crippen LogP contribution in [0, 0.1) is 21.8 Å². The number of H-pyrrole nitrogens is 1. The minimum absolute atomic E-state index is 0.0861. The van der Waals surface area contributed by atoms with Gasteiger partial charge in [0.1, 0.15) is 0 Å². The first-order valence-corrected chi connectivity index (χ1v) is 8.12. The lowest BCUT2D eigenvalue weighted by Crippen LogP contribution is -1.97. The molecule has 0 atom stereocenters. The van der Waals surface area contributed by atoms with Gasteiger partial charge in [-0.2, -0.15) is 14.9 Å². The van der Waals surface area contributed by atoms with Gasteiger partial charge in [-0.3, -0.25) is 10.1 Å². The molecule has 3 rings (SSSR count). The second-order valence-corrected chi connectivity index (χ2v) is 6.17. The standard InChI is InChI=1S/C16H12ClN5O3S/c1-9-4-2-3-5-12(9)15-19-20-16(26)21(15)18-8-10-6-11(17)7-13(14(10)23)22(24)25/h2-8,23H,1H3,(H,20,26)/b18-8+. The molecule has 26 heavy (non-hydrogen) atoms. The molecule has 0 spiro atoms. The van der Waals surface area contributed by atoms with Crippen LogP contribution in [0.1, 0.15) is 11.1 Å². The lowest BCUT2D eigenvalue weighted by Gasteiger charge is -2.05. The summed E-state index contributed by atoms with van der Waals surface area (Å²) in [5.41, 5.74) is 1.37. The first-order valence-electron chi connectivity index (χ1n) is 7.33. The number of rotatable bonds is 4. The van der Waals surface area contributed by atoms with Crippen LogP contribution in [-0.2, 0) is 0 Å². The van der Waals surface area contributed by atoms with Gasteiger partial charge < -0.3 is 5.11 Å². The molecule has 0 unspecified atom stereocenters. The molecule has 0 bridgehead atoms. The Labute approximate surface area is 157 Å². The Balaban J connectivity index is 2.09. The number of nitro benzene ring substituents is 1. The van der Waals surface area contributed by atoms with Gasteiger partial charge in [0.05, 0.1) is 11.1 Å². The average molecular weight is 390 g/mol. The van der Waals surface area contributed by atoms with E-state index in [2.05, 4.69) is 15.3 Å². The van der Waals surface area contributed by atoms with E-state index in [1.54, 1.807) is 0 Å². The van der Waals surface area contributed by atoms with Crippen molar-refractivity contribution in [2.24, 2.45) is 5.10 Å². The summed E-state index contributed by atoms with van der Waals surface area (Å²) in [4.78, 5) is 10.3. The number of hydrogen-bond acceptors (Lipinski definition) is 6. The molecule has 0 amide bonds. The summed E-state index contributed by atoms with van der Waals surface area (Å²) < 4.78 is 1.60. The number of aryl methyl sites for hydroxylation is 1. The van der Waals surface area contributed by atoms with E-state index >= 15 is 0 Å². The highest BCUT2D eigenvalue weighted by Gasteiger charge is 2.18. The number of nitro groups is 1. The molecular weight excluding hydrogens is 378 g/mol. The summed E-state index contributed by atoms with van der Waals surface area (Å²) in [6.07, 6.45) is 1.24. The van der Waals surface area contributed by atoms with Crippen LogP contribution >= 0.6 is 23.8 Å². The van der Waals surface area contributed by atoms with E-state index in [1.807, 2.05) is 31.2 Å². The van der Waals surface area contributed by atoms with Gasteiger partial charge in [-0.15, -0.1) is 0 Å². The van der Waals surface area contributed by atoms with E-state index in [1.165, 1.54) is 17.0 Å². The molecule has 1 heterocycles. The normalized spacial score (nSPS) is 11.2. The summed E-state index contributed by atoms with van der Waals surface area (Å²) in [5, 5.41) is 32.2. The van der Waals surface area contributed by atoms with Gasteiger partial charge >= 0.3 is 5.69 Å². The number of phenols is 1. The number of benzene rings is 2. The third-order valence-corrected chi connectivity index (χ3v) is 4.11. The molecule has 3 aromatic rings. The maximum atomic E-state index is 11.0. The molecule has 132 valence electrons. The van der Waals surface area contributed by atoms with Crippen molar-refractivity contribution in [1.82, 2.24) is 14.9 Å². The number of nitrogens with zero attached hydrogens (tertiary/aromatic N) is 4. The van der Waals surface area contributed by atoms with Crippen LogP contribution < -0.4 is 0 Å². The summed E-state index contributed by atoms with van der Waals surface area (Å²) in [6, 6.07) is 9.99. The predicted molar refractivity (Wildman–Crippen MR) is 100 cm³/mol. The van der Waals surface area contributed by atoms with Crippen molar-refractivity contribution >= 4 is 35.7 Å². The largest absolute Gasteiger partial charge is 0.502 e. The number of aromatic nitrogens is 3. The van der Waals surface area contributed by atoms with Gasteiger partial charge in [-0.1, -0.05) is 35.9 Å². The Morgan fingerprint density at radius 1 is 1.42 bits per heavy atom. The molecule has 2 aromatic carbocycles. The van der Waals surface area contributed by atoms with Crippen LogP contribution in [0.3, 0.4) is 0 Å². The van der Waals surface area contributed by atoms with Crippen molar-refractivity contribution in [3.05, 3.63) is 67.4 Å². The molecule has 10 heteroatoms. The van der Waals surface area contributed by atoms with E-state index in [0.29, 0.717) is 5.82 Å². The van der Waals surface area contributed by atoms with Gasteiger partial charge in [0, 0.05) is 22.2 Å². The fourth-order valence-electron chi connectivity index (χ4n) is 2.36. The van der Waals surface area contributed by atoms with Crippen molar-refractivity contribution < 1.29 is 10.0 Å². The zero-order valence-electron chi connectivity index (χ0n) is 13.4. The number of phenolic OH excluding ortho intramolecular Hbond substituents is 1. The Bertz CT molecular complexity index is 1090. The van der Waals surface area contributed by atoms with Crippen LogP contribution in [0.4, 0.5) is 5.69 Å². The Kier molecular flexibility index (Phi) is 4.83. The highest BCUT2D eigenvalue weighted by molar-refractivity contribution is 7.71. The minimum Gasteiger partial charge on any atom is -0.502 e. The van der Waals surface area contributed by atoms with Crippen LogP contribution in [-0.4, -0.2) is 31.1 Å². The number of hydrogen-bond donors (Lipinski definition) is 2. The number of aromatic hydroxyl groups is 1. The Hall–Kier alpha value is -3.04. The maximum absolute atomic E-state index is 11.0. The Morgan fingerprint density at radius 3 is 2.85 bits per heavy atom. The summed E-state index contributed by atoms with van der Waals surface area (Å²) in [5.74, 6) is -0.0593. The fourth-order valence-corrected chi connectivity index (χ4v) is 2.76. The minimum atomic E-state index is -0.721. The highest BCUT2D eigenvalue weighted by Crippen LogP contribution is 2.32. The van der Waals surface area contributed by atoms with Crippen molar-refractivity contribution in [1.29, 1.82) is 0 Å². The third-order valence-electron chi connectivity index (χ3n) is 3.63. The van der Waals surface area contributed by atoms with Crippen LogP contribution in [0.5, 0.6) is 5.75 Å². The fraction of sp³-hybridized carbons (Fsp3) is 0.0625. The topological polar surface area (TPSA) is 109 Å². The summed E-state index contributed by atoms with van der Waals surface area (Å²) in [7, 11) is 0. The van der Waals surface area contributed by atoms with Crippen LogP contribution in [0.15, 0.2) is 41.5 Å². The molecule has 0 saturated carbocycles. The zero-order chi connectivity index (χ0) is 18.8. The second kappa shape index (κ2) is 7.06. The molecular formula is C16H12ClN5O3S. The van der Waals surface area contributed by atoms with Gasteiger partial charge in [0.2, 0.25) is 10.5 Å². The first-order chi connectivity index (χ1) is 12.4. The summed E-state index contributed by atoms with van der Waals surface area (Å²) in [6.45, 7) is 1.92. The summed E-state index contributed by atoms with van der Waals surface area (Å²) >= 11 is 11.1. The third kappa shape index (κ3) is 3.35. The molecule has 8 nitrogen and oxygen atoms in total. The predicted octanol–water partition coefficient (Wildman–Crippen LogP) is 4.07. The van der Waals surface area contributed by atoms with Gasteiger partial charge in [-0.05, 0) is 30.8 Å². The molecule has 0 fully saturated rings. The van der Waals surface area contributed by atoms with Crippen LogP contribution in [0.2, 0.25) is 5.02 Å². The molecule has 0 aliphatic carbocycles. The lowest BCUT2D eigenvalue weighted by molar-refractivity contribution is -0.385. The van der Waals surface area contributed by atoms with E-state index in [4.69, 9.17) is 23.8 Å². The molecule has 0 aliphatic heterocycles. The first kappa shape index (κ1) is 17.8. The monoisotopic (exact) mass is 389 g/mol. The smallest absolute Gasteiger partial charge is 0.312 e. The zero-order valence-corrected chi connectivity index (χ0v) is 15.0. The molecule has 2 N–H and O–H groups in total. The maximum Gasteiger partial charge on any atom is 0.312 e. The van der Waals surface area contributed by atoms with Gasteiger partial charge in [-0.25, -0.2) is 5.10 Å². The average Bonchev–Trinajstić information content (AvgIpc) is 2.96. The van der Waals surface area contributed by atoms with Crippen LogP contribution in [0.25, 0.3) is 11.4 Å². The number of halogens is 1. The van der Waals surface area contributed by atoms with E-state index in [-0.39, 0.29) is 15.4 Å². The van der Waals surface area contributed by atoms with E-state index < -0.39 is 16.4 Å². The SMILES string of the molecule is Cc1ccccc1-c1n[nH]c(=S)n1/N=C/c1cc(Cl)cc([N+](=O)[O-])c1O. The number of aromatic amines is 1. The van der Waals surface area contributed by atoms with Crippen molar-refractivity contribution in [3.63, 3.8) is 0 Å². The van der Waals surface area contributed by atoms with Crippen molar-refractivity contribution in [2.45, 2.75) is 6.92 Å².